The minimum atomic E-state index is -3.64. The summed E-state index contributed by atoms with van der Waals surface area (Å²) in [6.07, 6.45) is -3.64. The van der Waals surface area contributed by atoms with E-state index in [0.717, 1.165) is 5.56 Å². The lowest BCUT2D eigenvalue weighted by Crippen LogP contribution is -2.52. The van der Waals surface area contributed by atoms with Crippen LogP contribution in [-0.2, 0) is 7.05 Å². The minimum absolute atomic E-state index is 0.0286. The third kappa shape index (κ3) is 3.72. The molecule has 0 aliphatic carbocycles. The zero-order chi connectivity index (χ0) is 24.2. The maximum absolute atomic E-state index is 13.4. The topological polar surface area (TPSA) is 83.6 Å². The van der Waals surface area contributed by atoms with Crippen molar-refractivity contribution >= 4 is 16.7 Å². The van der Waals surface area contributed by atoms with Crippen molar-refractivity contribution in [1.29, 1.82) is 5.26 Å². The lowest BCUT2D eigenvalue weighted by molar-refractivity contribution is -0.286. The second kappa shape index (κ2) is 7.95. The minimum Gasteiger partial charge on any atom is -0.395 e. The first-order chi connectivity index (χ1) is 16.2. The molecule has 0 amide bonds. The van der Waals surface area contributed by atoms with Gasteiger partial charge < -0.3 is 18.9 Å². The van der Waals surface area contributed by atoms with Crippen LogP contribution in [0.1, 0.15) is 31.1 Å². The predicted octanol–water partition coefficient (Wildman–Crippen LogP) is 3.40. The summed E-state index contributed by atoms with van der Waals surface area (Å²) in [6, 6.07) is 11.9. The number of pyridine rings is 2. The fraction of sp³-hybridized carbons (Fsp3) is 0.375. The molecule has 2 aromatic heterocycles. The molecule has 2 aliphatic heterocycles. The van der Waals surface area contributed by atoms with Gasteiger partial charge in [0.1, 0.15) is 17.3 Å². The summed E-state index contributed by atoms with van der Waals surface area (Å²) in [7, 11) is 1.69. The van der Waals surface area contributed by atoms with Crippen LogP contribution in [0.4, 0.5) is 14.5 Å². The first-order valence-electron chi connectivity index (χ1n) is 11.0. The van der Waals surface area contributed by atoms with E-state index in [2.05, 4.69) is 37.3 Å². The average molecular weight is 467 g/mol. The van der Waals surface area contributed by atoms with Crippen LogP contribution in [0.2, 0.25) is 0 Å². The second-order valence-corrected chi connectivity index (χ2v) is 8.69. The molecule has 176 valence electrons. The quantitative estimate of drug-likeness (QED) is 0.584. The van der Waals surface area contributed by atoms with Crippen molar-refractivity contribution in [2.75, 3.05) is 24.5 Å². The number of anilines is 1. The Balaban J connectivity index is 1.40. The van der Waals surface area contributed by atoms with Crippen LogP contribution in [0.5, 0.6) is 11.5 Å². The molecule has 8 nitrogen and oxygen atoms in total. The molecule has 10 heteroatoms. The largest absolute Gasteiger partial charge is 0.586 e. The van der Waals surface area contributed by atoms with Gasteiger partial charge in [0.2, 0.25) is 0 Å². The third-order valence-electron chi connectivity index (χ3n) is 6.61. The number of benzene rings is 1. The normalized spacial score (nSPS) is 20.4. The fourth-order valence-corrected chi connectivity index (χ4v) is 4.72. The molecule has 0 saturated carbocycles. The number of aryl methyl sites for hydroxylation is 1. The van der Waals surface area contributed by atoms with Gasteiger partial charge in [0, 0.05) is 44.8 Å². The molecule has 1 unspecified atom stereocenters. The van der Waals surface area contributed by atoms with E-state index in [1.54, 1.807) is 37.4 Å². The van der Waals surface area contributed by atoms with Gasteiger partial charge in [-0.15, -0.1) is 8.78 Å². The Hall–Kier alpha value is -3.71. The fourth-order valence-electron chi connectivity index (χ4n) is 4.72. The van der Waals surface area contributed by atoms with Gasteiger partial charge in [-0.2, -0.15) is 5.26 Å². The lowest BCUT2D eigenvalue weighted by Gasteiger charge is -2.43. The summed E-state index contributed by atoms with van der Waals surface area (Å²) >= 11 is 0. The molecule has 0 N–H and O–H groups in total. The summed E-state index contributed by atoms with van der Waals surface area (Å²) < 4.78 is 37.4. The number of alkyl halides is 2. The van der Waals surface area contributed by atoms with Gasteiger partial charge in [0.05, 0.1) is 11.2 Å². The van der Waals surface area contributed by atoms with Crippen molar-refractivity contribution in [2.24, 2.45) is 7.05 Å². The predicted molar refractivity (Wildman–Crippen MR) is 121 cm³/mol. The van der Waals surface area contributed by atoms with Crippen LogP contribution in [0, 0.1) is 11.3 Å². The van der Waals surface area contributed by atoms with Gasteiger partial charge in [-0.3, -0.25) is 9.69 Å². The van der Waals surface area contributed by atoms with Crippen LogP contribution in [0.15, 0.2) is 41.2 Å². The van der Waals surface area contributed by atoms with Crippen molar-refractivity contribution in [1.82, 2.24) is 14.5 Å². The second-order valence-electron chi connectivity index (χ2n) is 8.69. The molecular formula is C24H23F2N5O3. The Bertz CT molecular complexity index is 1380. The molecule has 0 spiro atoms. The molecule has 34 heavy (non-hydrogen) atoms. The summed E-state index contributed by atoms with van der Waals surface area (Å²) in [4.78, 5) is 21.5. The zero-order valence-corrected chi connectivity index (χ0v) is 19.0. The highest BCUT2D eigenvalue weighted by molar-refractivity contribution is 5.88. The van der Waals surface area contributed by atoms with Gasteiger partial charge in [0.15, 0.2) is 11.5 Å². The Morgan fingerprint density at radius 2 is 1.94 bits per heavy atom. The van der Waals surface area contributed by atoms with Crippen LogP contribution < -0.4 is 19.9 Å². The smallest absolute Gasteiger partial charge is 0.395 e. The summed E-state index contributed by atoms with van der Waals surface area (Å²) in [5.41, 5.74) is 2.99. The number of hydrogen-bond donors (Lipinski definition) is 0. The van der Waals surface area contributed by atoms with E-state index in [0.29, 0.717) is 42.0 Å². The van der Waals surface area contributed by atoms with Gasteiger partial charge >= 0.3 is 6.29 Å². The molecular weight excluding hydrogens is 444 g/mol. The molecule has 1 aromatic carbocycles. The van der Waals surface area contributed by atoms with E-state index in [-0.39, 0.29) is 29.1 Å². The van der Waals surface area contributed by atoms with Gasteiger partial charge in [-0.05, 0) is 43.7 Å². The Morgan fingerprint density at radius 3 is 2.68 bits per heavy atom. The maximum atomic E-state index is 13.4. The molecule has 2 aliphatic rings. The number of piperazine rings is 1. The van der Waals surface area contributed by atoms with E-state index >= 15 is 0 Å². The number of aromatic nitrogens is 2. The van der Waals surface area contributed by atoms with Crippen LogP contribution in [0.25, 0.3) is 11.0 Å². The van der Waals surface area contributed by atoms with Crippen molar-refractivity contribution in [2.45, 2.75) is 32.2 Å². The molecule has 1 saturated heterocycles. The Labute approximate surface area is 194 Å². The molecule has 3 aromatic rings. The molecule has 1 fully saturated rings. The van der Waals surface area contributed by atoms with Crippen LogP contribution in [0.3, 0.4) is 0 Å². The molecule has 5 rings (SSSR count). The Kier molecular flexibility index (Phi) is 5.17. The van der Waals surface area contributed by atoms with E-state index in [1.165, 1.54) is 10.6 Å². The molecule has 0 bridgehead atoms. The molecule has 0 radical (unpaired) electrons. The summed E-state index contributed by atoms with van der Waals surface area (Å²) in [5, 5.41) is 9.31. The first kappa shape index (κ1) is 22.1. The monoisotopic (exact) mass is 467 g/mol. The first-order valence-corrected chi connectivity index (χ1v) is 11.0. The molecule has 2 atom stereocenters. The number of nitriles is 1. The standard InChI is InChI=1S/C24H23F2N5O3/c1-14-13-30(15(2)16-4-7-20-21(10-16)34-24(25,26)33-20)8-9-31(14)19-11-22(32)29(3)18-6-5-17(12-27)28-23(18)19/h4-7,10-11,14-15H,8-9,13H2,1-3H3/t14-,15?/m0/s1. The number of nitrogens with zero attached hydrogens (tertiary/aromatic N) is 5. The van der Waals surface area contributed by atoms with Gasteiger partial charge in [-0.25, -0.2) is 4.98 Å². The highest BCUT2D eigenvalue weighted by atomic mass is 19.3. The lowest BCUT2D eigenvalue weighted by atomic mass is 10.0. The van der Waals surface area contributed by atoms with E-state index in [4.69, 9.17) is 0 Å². The van der Waals surface area contributed by atoms with E-state index < -0.39 is 6.29 Å². The number of ether oxygens (including phenoxy) is 2. The van der Waals surface area contributed by atoms with Crippen molar-refractivity contribution in [3.63, 3.8) is 0 Å². The van der Waals surface area contributed by atoms with Crippen molar-refractivity contribution in [3.05, 3.63) is 58.0 Å². The number of fused-ring (bicyclic) bond motifs is 2. The van der Waals surface area contributed by atoms with E-state index in [9.17, 15) is 18.8 Å². The number of halogens is 2. The van der Waals surface area contributed by atoms with Crippen molar-refractivity contribution in [3.8, 4) is 17.6 Å². The highest BCUT2D eigenvalue weighted by Gasteiger charge is 2.43. The van der Waals surface area contributed by atoms with Crippen molar-refractivity contribution < 1.29 is 18.3 Å². The highest BCUT2D eigenvalue weighted by Crippen LogP contribution is 2.42. The zero-order valence-electron chi connectivity index (χ0n) is 19.0. The maximum Gasteiger partial charge on any atom is 0.586 e. The SMILES string of the molecule is CC(c1ccc2c(c1)OC(F)(F)O2)N1CCN(c2cc(=O)n(C)c3ccc(C#N)nc23)[C@@H](C)C1. The van der Waals surface area contributed by atoms with E-state index in [1.807, 2.05) is 6.92 Å². The van der Waals surface area contributed by atoms with Crippen LogP contribution in [-0.4, -0.2) is 46.4 Å². The number of hydrogen-bond acceptors (Lipinski definition) is 7. The summed E-state index contributed by atoms with van der Waals surface area (Å²) in [6.45, 7) is 6.09. The number of rotatable bonds is 3. The average Bonchev–Trinajstić information content (AvgIpc) is 3.13. The van der Waals surface area contributed by atoms with Crippen LogP contribution >= 0.6 is 0 Å². The summed E-state index contributed by atoms with van der Waals surface area (Å²) in [5.74, 6) is 0.0629. The van der Waals surface area contributed by atoms with Gasteiger partial charge in [0.25, 0.3) is 5.56 Å². The third-order valence-corrected chi connectivity index (χ3v) is 6.61. The molecule has 4 heterocycles. The van der Waals surface area contributed by atoms with Gasteiger partial charge in [-0.1, -0.05) is 6.07 Å². The Morgan fingerprint density at radius 1 is 1.18 bits per heavy atom.